The number of anilines is 1. The van der Waals surface area contributed by atoms with Crippen molar-refractivity contribution in [2.45, 2.75) is 25.0 Å². The molecule has 3 aliphatic heterocycles. The van der Waals surface area contributed by atoms with E-state index in [1.807, 2.05) is 44.2 Å². The van der Waals surface area contributed by atoms with E-state index < -0.39 is 28.4 Å². The first kappa shape index (κ1) is 21.0. The molecule has 1 saturated heterocycles. The maximum absolute atomic E-state index is 13.8. The number of ether oxygens (including phenoxy) is 1. The topological polar surface area (TPSA) is 99.8 Å². The van der Waals surface area contributed by atoms with Gasteiger partial charge in [-0.15, -0.1) is 6.58 Å². The number of carbonyl (C=O) groups is 2. The number of hydroxylamine groups is 1. The molecule has 5 rings (SSSR count). The van der Waals surface area contributed by atoms with Crippen LogP contribution in [0.15, 0.2) is 67.0 Å². The molecule has 0 bridgehead atoms. The highest BCUT2D eigenvalue weighted by molar-refractivity contribution is 6.10. The summed E-state index contributed by atoms with van der Waals surface area (Å²) in [6.45, 7) is 8.12. The largest absolute Gasteiger partial charge is 0.491 e. The van der Waals surface area contributed by atoms with Gasteiger partial charge in [0.05, 0.1) is 43.5 Å². The molecule has 0 saturated carbocycles. The number of nitrogens with zero attached hydrogens (tertiary/aromatic N) is 3. The van der Waals surface area contributed by atoms with Gasteiger partial charge in [0.2, 0.25) is 5.79 Å². The van der Waals surface area contributed by atoms with E-state index in [2.05, 4.69) is 21.9 Å². The molecule has 2 aromatic rings. The number of rotatable bonds is 5. The molecule has 9 nitrogen and oxygen atoms in total. The Bertz CT molecular complexity index is 1230. The Morgan fingerprint density at radius 2 is 1.97 bits per heavy atom. The zero-order chi connectivity index (χ0) is 23.6. The van der Waals surface area contributed by atoms with Crippen molar-refractivity contribution in [3.8, 4) is 0 Å². The van der Waals surface area contributed by atoms with Gasteiger partial charge in [0, 0.05) is 5.41 Å². The summed E-state index contributed by atoms with van der Waals surface area (Å²) in [5.41, 5.74) is 0.636. The molecule has 3 aliphatic rings. The molecule has 170 valence electrons. The van der Waals surface area contributed by atoms with Crippen LogP contribution >= 0.6 is 0 Å². The first-order chi connectivity index (χ1) is 15.8. The third-order valence-corrected chi connectivity index (χ3v) is 6.98. The van der Waals surface area contributed by atoms with E-state index in [4.69, 9.17) is 9.57 Å². The van der Waals surface area contributed by atoms with Crippen LogP contribution in [0.5, 0.6) is 0 Å². The molecular formula is C24H25N5O4. The molecule has 0 aliphatic carbocycles. The summed E-state index contributed by atoms with van der Waals surface area (Å²) in [5.74, 6) is -2.21. The zero-order valence-corrected chi connectivity index (χ0v) is 18.9. The second kappa shape index (κ2) is 6.82. The molecule has 1 aromatic carbocycles. The van der Waals surface area contributed by atoms with Gasteiger partial charge in [-0.1, -0.05) is 38.1 Å². The number of imidazole rings is 1. The summed E-state index contributed by atoms with van der Waals surface area (Å²) in [5, 5.41) is 4.71. The smallest absolute Gasteiger partial charge is 0.296 e. The van der Waals surface area contributed by atoms with Crippen molar-refractivity contribution in [2.75, 3.05) is 19.3 Å². The number of para-hydroxylation sites is 1. The first-order valence-corrected chi connectivity index (χ1v) is 10.5. The monoisotopic (exact) mass is 447 g/mol. The van der Waals surface area contributed by atoms with E-state index in [9.17, 15) is 9.59 Å². The van der Waals surface area contributed by atoms with Crippen molar-refractivity contribution in [1.29, 1.82) is 0 Å². The molecule has 2 N–H and O–H groups in total. The Kier molecular flexibility index (Phi) is 4.35. The van der Waals surface area contributed by atoms with Gasteiger partial charge in [-0.05, 0) is 23.8 Å². The number of fused-ring (bicyclic) bond motifs is 2. The van der Waals surface area contributed by atoms with Crippen molar-refractivity contribution in [2.24, 2.45) is 5.41 Å². The second-order valence-corrected chi connectivity index (χ2v) is 8.74. The number of nitrogens with one attached hydrogen (secondary N) is 2. The third kappa shape index (κ3) is 2.32. The fraction of sp³-hybridized carbons (Fsp3) is 0.292. The van der Waals surface area contributed by atoms with Gasteiger partial charge in [-0.25, -0.2) is 10.0 Å². The van der Waals surface area contributed by atoms with Gasteiger partial charge in [-0.3, -0.25) is 19.3 Å². The van der Waals surface area contributed by atoms with E-state index >= 15 is 0 Å². The molecule has 2 amide bonds. The molecule has 1 aromatic heterocycles. The van der Waals surface area contributed by atoms with Crippen LogP contribution < -0.4 is 10.4 Å². The number of H-pyrrole nitrogens is 1. The molecule has 4 heterocycles. The lowest BCUT2D eigenvalue weighted by atomic mass is 9.57. The van der Waals surface area contributed by atoms with Crippen LogP contribution in [-0.2, 0) is 24.6 Å². The number of aromatic amines is 1. The van der Waals surface area contributed by atoms with E-state index in [0.717, 1.165) is 11.3 Å². The van der Waals surface area contributed by atoms with E-state index in [-0.39, 0.29) is 11.5 Å². The summed E-state index contributed by atoms with van der Waals surface area (Å²) in [4.78, 5) is 41.6. The lowest BCUT2D eigenvalue weighted by molar-refractivity contribution is -0.145. The molecule has 9 heteroatoms. The van der Waals surface area contributed by atoms with Crippen LogP contribution in [0.2, 0.25) is 0 Å². The Morgan fingerprint density at radius 3 is 2.61 bits per heavy atom. The number of amides is 2. The predicted octanol–water partition coefficient (Wildman–Crippen LogP) is 2.44. The maximum atomic E-state index is 13.8. The molecule has 1 spiro atoms. The summed E-state index contributed by atoms with van der Waals surface area (Å²) in [6, 6.07) is 7.69. The van der Waals surface area contributed by atoms with E-state index in [1.165, 1.54) is 25.4 Å². The van der Waals surface area contributed by atoms with Crippen LogP contribution in [-0.4, -0.2) is 46.7 Å². The van der Waals surface area contributed by atoms with Crippen LogP contribution in [0.1, 0.15) is 25.1 Å². The standard InChI is InChI=1S/C24H25N5O4/c1-6-22(2,3)23-12-19(32-4)21(31)28-18(11-15-13-25-14-26-15)20(30)27-24(23,28)29(33-5)17-10-8-7-9-16(17)23/h6-14H,1H2,2-5H3,(H,25,26)(H,27,30)/b18-11+/t23-,24?/m1/s1. The number of carbonyl (C=O) groups excluding carboxylic acids is 2. The summed E-state index contributed by atoms with van der Waals surface area (Å²) >= 11 is 0. The number of benzene rings is 1. The van der Waals surface area contributed by atoms with Crippen molar-refractivity contribution in [3.05, 3.63) is 78.2 Å². The van der Waals surface area contributed by atoms with Crippen LogP contribution in [0.4, 0.5) is 5.69 Å². The number of aromatic nitrogens is 2. The summed E-state index contributed by atoms with van der Waals surface area (Å²) < 4.78 is 5.57. The van der Waals surface area contributed by atoms with Crippen molar-refractivity contribution in [3.63, 3.8) is 0 Å². The zero-order valence-electron chi connectivity index (χ0n) is 18.9. The Hall–Kier alpha value is -3.85. The minimum atomic E-state index is -1.44. The van der Waals surface area contributed by atoms with E-state index in [0.29, 0.717) is 5.69 Å². The first-order valence-electron chi connectivity index (χ1n) is 10.5. The minimum Gasteiger partial charge on any atom is -0.491 e. The van der Waals surface area contributed by atoms with Gasteiger partial charge >= 0.3 is 0 Å². The second-order valence-electron chi connectivity index (χ2n) is 8.74. The Morgan fingerprint density at radius 1 is 1.21 bits per heavy atom. The molecule has 33 heavy (non-hydrogen) atoms. The van der Waals surface area contributed by atoms with Crippen LogP contribution in [0.3, 0.4) is 0 Å². The Labute approximate surface area is 191 Å². The molecule has 1 fully saturated rings. The highest BCUT2D eigenvalue weighted by Crippen LogP contribution is 2.65. The fourth-order valence-electron chi connectivity index (χ4n) is 5.42. The van der Waals surface area contributed by atoms with Gasteiger partial charge in [-0.2, -0.15) is 0 Å². The van der Waals surface area contributed by atoms with Crippen LogP contribution in [0, 0.1) is 5.41 Å². The summed E-state index contributed by atoms with van der Waals surface area (Å²) in [7, 11) is 2.97. The lowest BCUT2D eigenvalue weighted by Gasteiger charge is -2.56. The van der Waals surface area contributed by atoms with Crippen molar-refractivity contribution in [1.82, 2.24) is 20.2 Å². The molecular weight excluding hydrogens is 422 g/mol. The SMILES string of the molecule is C=CC(C)(C)[C@]12C=C(OC)C(=O)N3/C(=C/c4cnc[nH]4)C(=O)NC31N(OC)c1ccccc12. The highest BCUT2D eigenvalue weighted by Gasteiger charge is 2.77. The normalized spacial score (nSPS) is 27.2. The number of allylic oxidation sites excluding steroid dienone is 1. The van der Waals surface area contributed by atoms with Gasteiger partial charge in [0.15, 0.2) is 5.76 Å². The quantitative estimate of drug-likeness (QED) is 0.540. The lowest BCUT2D eigenvalue weighted by Crippen LogP contribution is -2.76. The number of hydrogen-bond donors (Lipinski definition) is 2. The average molecular weight is 447 g/mol. The van der Waals surface area contributed by atoms with Gasteiger partial charge < -0.3 is 15.0 Å². The number of methoxy groups -OCH3 is 1. The summed E-state index contributed by atoms with van der Waals surface area (Å²) in [6.07, 6.45) is 8.29. The third-order valence-electron chi connectivity index (χ3n) is 6.98. The Balaban J connectivity index is 1.92. The fourth-order valence-corrected chi connectivity index (χ4v) is 5.42. The predicted molar refractivity (Wildman–Crippen MR) is 121 cm³/mol. The maximum Gasteiger partial charge on any atom is 0.296 e. The molecule has 2 atom stereocenters. The molecule has 1 unspecified atom stereocenters. The van der Waals surface area contributed by atoms with Crippen molar-refractivity contribution < 1.29 is 19.2 Å². The highest BCUT2D eigenvalue weighted by atomic mass is 16.7. The number of hydrogen-bond acceptors (Lipinski definition) is 6. The minimum absolute atomic E-state index is 0.125. The van der Waals surface area contributed by atoms with Gasteiger partial charge in [0.1, 0.15) is 5.70 Å². The van der Waals surface area contributed by atoms with Crippen molar-refractivity contribution >= 4 is 23.6 Å². The van der Waals surface area contributed by atoms with Gasteiger partial charge in [0.25, 0.3) is 11.8 Å². The molecule has 0 radical (unpaired) electrons. The average Bonchev–Trinajstić information content (AvgIpc) is 3.48. The van der Waals surface area contributed by atoms with E-state index in [1.54, 1.807) is 23.4 Å². The van der Waals surface area contributed by atoms with Crippen LogP contribution in [0.25, 0.3) is 6.08 Å².